The van der Waals surface area contributed by atoms with Crippen molar-refractivity contribution in [2.24, 2.45) is 0 Å². The summed E-state index contributed by atoms with van der Waals surface area (Å²) in [5.74, 6) is 0.363. The average Bonchev–Trinajstić information content (AvgIpc) is 2.92. The molecule has 1 rings (SSSR count). The normalized spacial score (nSPS) is 17.8. The molecular weight excluding hydrogens is 248 g/mol. The van der Waals surface area contributed by atoms with Crippen molar-refractivity contribution in [2.75, 3.05) is 26.2 Å². The standard InChI is InChI=1S/C13H24N2O.2C2H6.H2/c1-3-5-6-8-15(4-2)9-7-12-10-13(16)11-14-12;2*1-2;/h3,5,12,14H,4,6-11H2,1-2H3;2*1-2H3;1H/b5-3-;;;. The van der Waals surface area contributed by atoms with Gasteiger partial charge in [0.1, 0.15) is 5.78 Å². The highest BCUT2D eigenvalue weighted by Gasteiger charge is 2.21. The van der Waals surface area contributed by atoms with Gasteiger partial charge in [-0.3, -0.25) is 4.79 Å². The molecule has 1 N–H and O–H groups in total. The Hall–Kier alpha value is -0.670. The van der Waals surface area contributed by atoms with Crippen molar-refractivity contribution in [3.05, 3.63) is 12.2 Å². The molecule has 0 radical (unpaired) electrons. The predicted molar refractivity (Wildman–Crippen MR) is 92.4 cm³/mol. The number of carbonyl (C=O) groups is 1. The summed E-state index contributed by atoms with van der Waals surface area (Å²) in [6.45, 7) is 16.2. The molecule has 0 aromatic heterocycles. The second-order valence-electron chi connectivity index (χ2n) is 4.40. The zero-order chi connectivity index (χ0) is 15.8. The van der Waals surface area contributed by atoms with Crippen molar-refractivity contribution >= 4 is 5.78 Å². The Morgan fingerprint density at radius 3 is 2.40 bits per heavy atom. The summed E-state index contributed by atoms with van der Waals surface area (Å²) in [5, 5.41) is 3.26. The van der Waals surface area contributed by atoms with Gasteiger partial charge in [-0.15, -0.1) is 0 Å². The Morgan fingerprint density at radius 2 is 1.95 bits per heavy atom. The fourth-order valence-electron chi connectivity index (χ4n) is 2.07. The number of nitrogens with zero attached hydrogens (tertiary/aromatic N) is 1. The largest absolute Gasteiger partial charge is 0.307 e. The van der Waals surface area contributed by atoms with E-state index in [1.807, 2.05) is 27.7 Å². The second-order valence-corrected chi connectivity index (χ2v) is 4.40. The quantitative estimate of drug-likeness (QED) is 0.721. The van der Waals surface area contributed by atoms with Crippen molar-refractivity contribution in [2.45, 2.75) is 66.8 Å². The highest BCUT2D eigenvalue weighted by Crippen LogP contribution is 2.07. The summed E-state index contributed by atoms with van der Waals surface area (Å²) in [4.78, 5) is 13.5. The van der Waals surface area contributed by atoms with Gasteiger partial charge in [0, 0.05) is 20.4 Å². The molecule has 0 bridgehead atoms. The van der Waals surface area contributed by atoms with Crippen molar-refractivity contribution < 1.29 is 6.22 Å². The molecule has 0 saturated carbocycles. The first kappa shape index (κ1) is 21.6. The van der Waals surface area contributed by atoms with Gasteiger partial charge in [0.25, 0.3) is 0 Å². The molecule has 0 spiro atoms. The van der Waals surface area contributed by atoms with Crippen LogP contribution in [-0.4, -0.2) is 42.9 Å². The van der Waals surface area contributed by atoms with Crippen LogP contribution in [0.4, 0.5) is 0 Å². The van der Waals surface area contributed by atoms with E-state index in [4.69, 9.17) is 0 Å². The molecule has 3 heteroatoms. The Bertz CT molecular complexity index is 245. The maximum Gasteiger partial charge on any atom is 0.148 e. The zero-order valence-corrected chi connectivity index (χ0v) is 14.5. The van der Waals surface area contributed by atoms with Gasteiger partial charge >= 0.3 is 0 Å². The summed E-state index contributed by atoms with van der Waals surface area (Å²) >= 11 is 0. The maximum absolute atomic E-state index is 11.1. The van der Waals surface area contributed by atoms with E-state index < -0.39 is 0 Å². The lowest BCUT2D eigenvalue weighted by atomic mass is 10.1. The molecule has 1 aliphatic heterocycles. The van der Waals surface area contributed by atoms with Gasteiger partial charge in [0.2, 0.25) is 0 Å². The monoisotopic (exact) mass is 286 g/mol. The van der Waals surface area contributed by atoms with Gasteiger partial charge in [-0.25, -0.2) is 0 Å². The minimum absolute atomic E-state index is 0. The van der Waals surface area contributed by atoms with Crippen LogP contribution < -0.4 is 5.32 Å². The first-order chi connectivity index (χ1) is 9.76. The molecule has 122 valence electrons. The number of hydrogen-bond acceptors (Lipinski definition) is 3. The van der Waals surface area contributed by atoms with Crippen molar-refractivity contribution in [3.63, 3.8) is 0 Å². The van der Waals surface area contributed by atoms with Crippen LogP contribution in [0.3, 0.4) is 0 Å². The van der Waals surface area contributed by atoms with Gasteiger partial charge in [-0.2, -0.15) is 0 Å². The number of Topliss-reactive ketones (excluding diaryl/α,β-unsaturated/α-hetero) is 1. The molecule has 1 fully saturated rings. The first-order valence-electron chi connectivity index (χ1n) is 8.34. The van der Waals surface area contributed by atoms with Gasteiger partial charge < -0.3 is 10.2 Å². The van der Waals surface area contributed by atoms with E-state index in [2.05, 4.69) is 36.2 Å². The smallest absolute Gasteiger partial charge is 0.148 e. The molecule has 1 atom stereocenters. The Balaban J connectivity index is -0.000000595. The van der Waals surface area contributed by atoms with Crippen LogP contribution >= 0.6 is 0 Å². The minimum atomic E-state index is 0. The van der Waals surface area contributed by atoms with Crippen LogP contribution in [0.15, 0.2) is 12.2 Å². The minimum Gasteiger partial charge on any atom is -0.307 e. The maximum atomic E-state index is 11.1. The topological polar surface area (TPSA) is 32.3 Å². The average molecular weight is 287 g/mol. The second kappa shape index (κ2) is 16.4. The lowest BCUT2D eigenvalue weighted by Gasteiger charge is -2.21. The van der Waals surface area contributed by atoms with Crippen LogP contribution in [-0.2, 0) is 4.79 Å². The Kier molecular flexibility index (Phi) is 17.7. The third kappa shape index (κ3) is 11.2. The lowest BCUT2D eigenvalue weighted by molar-refractivity contribution is -0.116. The van der Waals surface area contributed by atoms with E-state index in [0.717, 1.165) is 38.9 Å². The third-order valence-electron chi connectivity index (χ3n) is 3.15. The van der Waals surface area contributed by atoms with E-state index >= 15 is 0 Å². The molecule has 0 aromatic carbocycles. The molecule has 1 heterocycles. The summed E-state index contributed by atoms with van der Waals surface area (Å²) < 4.78 is 0. The van der Waals surface area contributed by atoms with Crippen LogP contribution in [0.1, 0.15) is 62.2 Å². The molecule has 1 aliphatic rings. The molecule has 0 amide bonds. The first-order valence-corrected chi connectivity index (χ1v) is 8.34. The molecule has 1 unspecified atom stereocenters. The number of ketones is 1. The summed E-state index contributed by atoms with van der Waals surface area (Å²) in [6, 6.07) is 0.420. The highest BCUT2D eigenvalue weighted by atomic mass is 16.1. The van der Waals surface area contributed by atoms with E-state index in [1.54, 1.807) is 0 Å². The van der Waals surface area contributed by atoms with E-state index in [-0.39, 0.29) is 1.43 Å². The van der Waals surface area contributed by atoms with Crippen molar-refractivity contribution in [1.82, 2.24) is 10.2 Å². The number of carbonyl (C=O) groups excluding carboxylic acids is 1. The fraction of sp³-hybridized carbons (Fsp3) is 0.824. The fourth-order valence-corrected chi connectivity index (χ4v) is 2.07. The van der Waals surface area contributed by atoms with Crippen LogP contribution in [0, 0.1) is 0 Å². The van der Waals surface area contributed by atoms with Crippen molar-refractivity contribution in [3.8, 4) is 0 Å². The molecule has 0 aliphatic carbocycles. The molecule has 20 heavy (non-hydrogen) atoms. The Morgan fingerprint density at radius 1 is 1.30 bits per heavy atom. The number of hydrogen-bond donors (Lipinski definition) is 1. The third-order valence-corrected chi connectivity index (χ3v) is 3.15. The number of allylic oxidation sites excluding steroid dienone is 1. The number of rotatable bonds is 7. The summed E-state index contributed by atoms with van der Waals surface area (Å²) in [5.41, 5.74) is 0. The van der Waals surface area contributed by atoms with Crippen LogP contribution in [0.2, 0.25) is 0 Å². The number of nitrogens with one attached hydrogen (secondary N) is 1. The van der Waals surface area contributed by atoms with Gasteiger partial charge in [0.15, 0.2) is 0 Å². The van der Waals surface area contributed by atoms with Crippen molar-refractivity contribution in [1.29, 1.82) is 0 Å². The predicted octanol–water partition coefficient (Wildman–Crippen LogP) is 3.89. The van der Waals surface area contributed by atoms with Gasteiger partial charge in [-0.05, 0) is 32.9 Å². The SMILES string of the molecule is C/C=C\CCN(CC)CCC1CC(=O)CN1.CC.CC.[HH]. The Labute approximate surface area is 128 Å². The molecule has 1 saturated heterocycles. The van der Waals surface area contributed by atoms with Crippen LogP contribution in [0.5, 0.6) is 0 Å². The van der Waals surface area contributed by atoms with E-state index in [1.165, 1.54) is 0 Å². The zero-order valence-electron chi connectivity index (χ0n) is 14.5. The van der Waals surface area contributed by atoms with Gasteiger partial charge in [0.05, 0.1) is 6.54 Å². The summed E-state index contributed by atoms with van der Waals surface area (Å²) in [7, 11) is 0. The lowest BCUT2D eigenvalue weighted by Crippen LogP contribution is -2.31. The highest BCUT2D eigenvalue weighted by molar-refractivity contribution is 5.83. The molecule has 3 nitrogen and oxygen atoms in total. The summed E-state index contributed by atoms with van der Waals surface area (Å²) in [6.07, 6.45) is 7.26. The van der Waals surface area contributed by atoms with Gasteiger partial charge in [-0.1, -0.05) is 46.8 Å². The molecular formula is C17H38N2O. The van der Waals surface area contributed by atoms with E-state index in [0.29, 0.717) is 18.4 Å². The van der Waals surface area contributed by atoms with Crippen LogP contribution in [0.25, 0.3) is 0 Å². The van der Waals surface area contributed by atoms with E-state index in [9.17, 15) is 4.79 Å². The molecule has 0 aromatic rings.